The third-order valence-corrected chi connectivity index (χ3v) is 4.77. The van der Waals surface area contributed by atoms with Gasteiger partial charge in [-0.1, -0.05) is 42.8 Å². The lowest BCUT2D eigenvalue weighted by Crippen LogP contribution is -2.36. The molecule has 23 heavy (non-hydrogen) atoms. The highest BCUT2D eigenvalue weighted by Gasteiger charge is 2.38. The largest absolute Gasteiger partial charge is 0.273 e. The molecule has 0 saturated heterocycles. The third-order valence-electron chi connectivity index (χ3n) is 4.77. The van der Waals surface area contributed by atoms with Crippen molar-refractivity contribution in [1.29, 1.82) is 0 Å². The zero-order chi connectivity index (χ0) is 15.6. The van der Waals surface area contributed by atoms with Crippen LogP contribution < -0.4 is 0 Å². The molecule has 1 aromatic carbocycles. The molecule has 0 N–H and O–H groups in total. The number of benzene rings is 1. The first-order valence-corrected chi connectivity index (χ1v) is 8.19. The lowest BCUT2D eigenvalue weighted by atomic mass is 9.84. The van der Waals surface area contributed by atoms with Crippen LogP contribution in [0.25, 0.3) is 0 Å². The minimum Gasteiger partial charge on any atom is -0.273 e. The fourth-order valence-electron chi connectivity index (χ4n) is 3.20. The summed E-state index contributed by atoms with van der Waals surface area (Å²) in [6.45, 7) is 0. The number of aromatic nitrogens is 1. The number of carbonyl (C=O) groups excluding carboxylic acids is 1. The molecule has 1 aliphatic heterocycles. The van der Waals surface area contributed by atoms with Crippen molar-refractivity contribution in [2.45, 2.75) is 31.7 Å². The number of hydrogen-bond donors (Lipinski definition) is 0. The molecular formula is C19H19N3O. The van der Waals surface area contributed by atoms with Gasteiger partial charge >= 0.3 is 0 Å². The Labute approximate surface area is 135 Å². The summed E-state index contributed by atoms with van der Waals surface area (Å²) in [5.74, 6) is 0.321. The van der Waals surface area contributed by atoms with Crippen LogP contribution in [-0.2, 0) is 4.79 Å². The second-order valence-electron chi connectivity index (χ2n) is 6.23. The lowest BCUT2D eigenvalue weighted by Gasteiger charge is -2.30. The summed E-state index contributed by atoms with van der Waals surface area (Å²) in [5.41, 5.74) is 3.08. The molecule has 2 heterocycles. The summed E-state index contributed by atoms with van der Waals surface area (Å²) >= 11 is 0. The Bertz CT molecular complexity index is 723. The number of pyridine rings is 1. The predicted octanol–water partition coefficient (Wildman–Crippen LogP) is 3.56. The normalized spacial score (nSPS) is 21.0. The molecule has 1 unspecified atom stereocenters. The molecule has 2 aliphatic rings. The Balaban J connectivity index is 1.67. The topological polar surface area (TPSA) is 45.6 Å². The molecule has 1 amide bonds. The standard InChI is InChI=1S/C19H19N3O/c23-19(15-8-4-9-15)22-18(14-6-2-1-3-7-14)12-17(21-22)16-10-5-11-20-13-16/h1-3,5-7,10-11,13,15,18H,4,8-9,12H2. The average Bonchev–Trinajstić information content (AvgIpc) is 3.00. The number of amides is 1. The molecule has 1 saturated carbocycles. The van der Waals surface area contributed by atoms with Crippen LogP contribution in [0, 0.1) is 5.92 Å². The van der Waals surface area contributed by atoms with Gasteiger partial charge in [-0.3, -0.25) is 9.78 Å². The molecule has 4 rings (SSSR count). The Kier molecular flexibility index (Phi) is 3.66. The summed E-state index contributed by atoms with van der Waals surface area (Å²) < 4.78 is 0. The Morgan fingerprint density at radius 1 is 1.09 bits per heavy atom. The smallest absolute Gasteiger partial charge is 0.246 e. The van der Waals surface area contributed by atoms with Crippen molar-refractivity contribution in [3.63, 3.8) is 0 Å². The van der Waals surface area contributed by atoms with Crippen molar-refractivity contribution < 1.29 is 4.79 Å². The van der Waals surface area contributed by atoms with Crippen molar-refractivity contribution in [1.82, 2.24) is 9.99 Å². The number of hydrazone groups is 1. The minimum atomic E-state index is -0.000457. The number of hydrogen-bond acceptors (Lipinski definition) is 3. The predicted molar refractivity (Wildman–Crippen MR) is 88.8 cm³/mol. The van der Waals surface area contributed by atoms with Gasteiger partial charge in [-0.25, -0.2) is 5.01 Å². The third kappa shape index (κ3) is 2.65. The average molecular weight is 305 g/mol. The van der Waals surface area contributed by atoms with Gasteiger partial charge in [-0.2, -0.15) is 5.10 Å². The van der Waals surface area contributed by atoms with E-state index in [2.05, 4.69) is 22.2 Å². The molecule has 1 atom stereocenters. The fraction of sp³-hybridized carbons (Fsp3) is 0.316. The van der Waals surface area contributed by atoms with E-state index in [1.807, 2.05) is 36.5 Å². The van der Waals surface area contributed by atoms with Gasteiger partial charge in [0, 0.05) is 30.3 Å². The summed E-state index contributed by atoms with van der Waals surface area (Å²) in [6, 6.07) is 14.1. The first-order chi connectivity index (χ1) is 11.3. The Morgan fingerprint density at radius 2 is 1.91 bits per heavy atom. The van der Waals surface area contributed by atoms with Crippen LogP contribution in [0.5, 0.6) is 0 Å². The zero-order valence-electron chi connectivity index (χ0n) is 12.9. The van der Waals surface area contributed by atoms with E-state index in [1.165, 1.54) is 0 Å². The maximum absolute atomic E-state index is 12.8. The number of rotatable bonds is 3. The molecule has 2 aromatic rings. The molecule has 116 valence electrons. The molecule has 4 heteroatoms. The van der Waals surface area contributed by atoms with Crippen molar-refractivity contribution in [3.05, 3.63) is 66.0 Å². The Hall–Kier alpha value is -2.49. The van der Waals surface area contributed by atoms with Gasteiger partial charge in [0.05, 0.1) is 11.8 Å². The van der Waals surface area contributed by atoms with Gasteiger partial charge < -0.3 is 0 Å². The van der Waals surface area contributed by atoms with E-state index in [0.717, 1.165) is 42.5 Å². The summed E-state index contributed by atoms with van der Waals surface area (Å²) in [5, 5.41) is 6.40. The van der Waals surface area contributed by atoms with Crippen LogP contribution in [0.15, 0.2) is 60.0 Å². The SMILES string of the molecule is O=C(C1CCC1)N1N=C(c2cccnc2)CC1c1ccccc1. The summed E-state index contributed by atoms with van der Waals surface area (Å²) in [7, 11) is 0. The van der Waals surface area contributed by atoms with Gasteiger partial charge in [-0.15, -0.1) is 0 Å². The highest BCUT2D eigenvalue weighted by Crippen LogP contribution is 2.37. The van der Waals surface area contributed by atoms with E-state index in [1.54, 1.807) is 11.2 Å². The van der Waals surface area contributed by atoms with Gasteiger partial charge in [0.25, 0.3) is 0 Å². The van der Waals surface area contributed by atoms with Gasteiger partial charge in [0.2, 0.25) is 5.91 Å². The summed E-state index contributed by atoms with van der Waals surface area (Å²) in [6.07, 6.45) is 7.46. The van der Waals surface area contributed by atoms with E-state index < -0.39 is 0 Å². The van der Waals surface area contributed by atoms with Crippen LogP contribution >= 0.6 is 0 Å². The molecule has 0 bridgehead atoms. The monoisotopic (exact) mass is 305 g/mol. The lowest BCUT2D eigenvalue weighted by molar-refractivity contribution is -0.140. The minimum absolute atomic E-state index is 0.000457. The first kappa shape index (κ1) is 14.1. The van der Waals surface area contributed by atoms with Crippen molar-refractivity contribution in [2.75, 3.05) is 0 Å². The van der Waals surface area contributed by atoms with E-state index in [-0.39, 0.29) is 17.9 Å². The van der Waals surface area contributed by atoms with Crippen molar-refractivity contribution >= 4 is 11.6 Å². The molecule has 0 radical (unpaired) electrons. The Morgan fingerprint density at radius 3 is 2.57 bits per heavy atom. The van der Waals surface area contributed by atoms with Crippen LogP contribution in [0.3, 0.4) is 0 Å². The second-order valence-corrected chi connectivity index (χ2v) is 6.23. The van der Waals surface area contributed by atoms with Crippen molar-refractivity contribution in [3.8, 4) is 0 Å². The van der Waals surface area contributed by atoms with Gasteiger partial charge in [0.1, 0.15) is 0 Å². The molecule has 1 fully saturated rings. The fourth-order valence-corrected chi connectivity index (χ4v) is 3.20. The number of carbonyl (C=O) groups is 1. The van der Waals surface area contributed by atoms with Gasteiger partial charge in [0.15, 0.2) is 0 Å². The van der Waals surface area contributed by atoms with Crippen LogP contribution in [0.2, 0.25) is 0 Å². The molecule has 4 nitrogen and oxygen atoms in total. The highest BCUT2D eigenvalue weighted by atomic mass is 16.2. The molecular weight excluding hydrogens is 286 g/mol. The van der Waals surface area contributed by atoms with Crippen LogP contribution in [0.1, 0.15) is 42.9 Å². The van der Waals surface area contributed by atoms with Crippen LogP contribution in [0.4, 0.5) is 0 Å². The van der Waals surface area contributed by atoms with E-state index in [9.17, 15) is 4.79 Å². The first-order valence-electron chi connectivity index (χ1n) is 8.19. The number of nitrogens with zero attached hydrogens (tertiary/aromatic N) is 3. The maximum Gasteiger partial charge on any atom is 0.246 e. The quantitative estimate of drug-likeness (QED) is 0.870. The van der Waals surface area contributed by atoms with E-state index in [0.29, 0.717) is 0 Å². The molecule has 1 aromatic heterocycles. The summed E-state index contributed by atoms with van der Waals surface area (Å²) in [4.78, 5) is 17.0. The second kappa shape index (κ2) is 5.95. The molecule has 0 spiro atoms. The van der Waals surface area contributed by atoms with Crippen LogP contribution in [-0.4, -0.2) is 21.6 Å². The van der Waals surface area contributed by atoms with Gasteiger partial charge in [-0.05, 0) is 24.5 Å². The maximum atomic E-state index is 12.8. The highest BCUT2D eigenvalue weighted by molar-refractivity contribution is 6.03. The van der Waals surface area contributed by atoms with Crippen molar-refractivity contribution in [2.24, 2.45) is 11.0 Å². The zero-order valence-corrected chi connectivity index (χ0v) is 12.9. The van der Waals surface area contributed by atoms with E-state index >= 15 is 0 Å². The van der Waals surface area contributed by atoms with E-state index in [4.69, 9.17) is 0 Å². The molecule has 1 aliphatic carbocycles.